The van der Waals surface area contributed by atoms with Crippen LogP contribution in [0.25, 0.3) is 0 Å². The molecule has 0 saturated carbocycles. The molecular weight excluding hydrogens is 212 g/mol. The van der Waals surface area contributed by atoms with Gasteiger partial charge in [0.1, 0.15) is 0 Å². The summed E-state index contributed by atoms with van der Waals surface area (Å²) in [6, 6.07) is 6.89. The lowest BCUT2D eigenvalue weighted by atomic mass is 10.2. The maximum Gasteiger partial charge on any atom is 0.340 e. The van der Waals surface area contributed by atoms with E-state index < -0.39 is 5.97 Å². The standard InChI is InChI=1S/C10H12N2O2S/c1-2-14-9(13)7-5-3-4-6-8(7)12-10(11)15/h3-6H,2H2,1H3,(H3,11,12,15). The number of rotatable bonds is 3. The zero-order chi connectivity index (χ0) is 11.3. The Bertz CT molecular complexity index is 379. The third-order valence-electron chi connectivity index (χ3n) is 1.68. The predicted octanol–water partition coefficient (Wildman–Crippen LogP) is 1.52. The summed E-state index contributed by atoms with van der Waals surface area (Å²) in [7, 11) is 0. The molecule has 0 heterocycles. The van der Waals surface area contributed by atoms with E-state index in [9.17, 15) is 4.79 Å². The number of nitrogens with one attached hydrogen (secondary N) is 1. The molecule has 4 nitrogen and oxygen atoms in total. The molecule has 1 aromatic carbocycles. The first-order chi connectivity index (χ1) is 7.15. The molecule has 5 heteroatoms. The van der Waals surface area contributed by atoms with Crippen molar-refractivity contribution in [3.63, 3.8) is 0 Å². The number of nitrogens with two attached hydrogens (primary N) is 1. The van der Waals surface area contributed by atoms with Crippen molar-refractivity contribution in [1.29, 1.82) is 0 Å². The van der Waals surface area contributed by atoms with Crippen LogP contribution in [0, 0.1) is 0 Å². The minimum absolute atomic E-state index is 0.117. The van der Waals surface area contributed by atoms with E-state index in [1.807, 2.05) is 0 Å². The van der Waals surface area contributed by atoms with Crippen molar-refractivity contribution in [3.8, 4) is 0 Å². The Kier molecular flexibility index (Phi) is 4.05. The van der Waals surface area contributed by atoms with E-state index in [0.29, 0.717) is 17.9 Å². The Morgan fingerprint density at radius 2 is 2.20 bits per heavy atom. The van der Waals surface area contributed by atoms with E-state index in [-0.39, 0.29) is 5.11 Å². The molecule has 80 valence electrons. The first-order valence-electron chi connectivity index (χ1n) is 4.47. The van der Waals surface area contributed by atoms with Crippen molar-refractivity contribution in [2.45, 2.75) is 6.92 Å². The molecule has 0 bridgehead atoms. The van der Waals surface area contributed by atoms with Gasteiger partial charge in [0.05, 0.1) is 17.9 Å². The fourth-order valence-corrected chi connectivity index (χ4v) is 1.22. The van der Waals surface area contributed by atoms with Crippen molar-refractivity contribution in [2.75, 3.05) is 11.9 Å². The minimum atomic E-state index is -0.392. The Balaban J connectivity index is 2.95. The number of para-hydroxylation sites is 1. The summed E-state index contributed by atoms with van der Waals surface area (Å²) >= 11 is 4.70. The number of benzene rings is 1. The number of carbonyl (C=O) groups is 1. The van der Waals surface area contributed by atoms with E-state index in [1.54, 1.807) is 31.2 Å². The van der Waals surface area contributed by atoms with Crippen molar-refractivity contribution < 1.29 is 9.53 Å². The van der Waals surface area contributed by atoms with Crippen LogP contribution in [-0.2, 0) is 4.74 Å². The molecule has 15 heavy (non-hydrogen) atoms. The summed E-state index contributed by atoms with van der Waals surface area (Å²) in [5.41, 5.74) is 6.32. The lowest BCUT2D eigenvalue weighted by Crippen LogP contribution is -2.21. The third-order valence-corrected chi connectivity index (χ3v) is 1.78. The van der Waals surface area contributed by atoms with Crippen LogP contribution in [0.4, 0.5) is 5.69 Å². The average Bonchev–Trinajstić information content (AvgIpc) is 2.18. The third kappa shape index (κ3) is 3.21. The van der Waals surface area contributed by atoms with Gasteiger partial charge in [0, 0.05) is 0 Å². The molecule has 0 aliphatic heterocycles. The molecular formula is C10H12N2O2S. The summed E-state index contributed by atoms with van der Waals surface area (Å²) in [5.74, 6) is -0.392. The molecule has 0 saturated heterocycles. The highest BCUT2D eigenvalue weighted by Crippen LogP contribution is 2.15. The fraction of sp³-hybridized carbons (Fsp3) is 0.200. The van der Waals surface area contributed by atoms with Crippen molar-refractivity contribution >= 4 is 29.0 Å². The van der Waals surface area contributed by atoms with Gasteiger partial charge in [-0.3, -0.25) is 0 Å². The number of thiocarbonyl (C=S) groups is 1. The van der Waals surface area contributed by atoms with Gasteiger partial charge in [-0.1, -0.05) is 12.1 Å². The van der Waals surface area contributed by atoms with Crippen molar-refractivity contribution in [3.05, 3.63) is 29.8 Å². The lowest BCUT2D eigenvalue weighted by Gasteiger charge is -2.09. The van der Waals surface area contributed by atoms with E-state index in [4.69, 9.17) is 22.7 Å². The van der Waals surface area contributed by atoms with Crippen molar-refractivity contribution in [2.24, 2.45) is 5.73 Å². The first kappa shape index (κ1) is 11.5. The van der Waals surface area contributed by atoms with Gasteiger partial charge in [-0.05, 0) is 31.3 Å². The summed E-state index contributed by atoms with van der Waals surface area (Å²) in [4.78, 5) is 11.5. The molecule has 0 aliphatic carbocycles. The maximum atomic E-state index is 11.5. The van der Waals surface area contributed by atoms with Gasteiger partial charge in [-0.15, -0.1) is 0 Å². The highest BCUT2D eigenvalue weighted by Gasteiger charge is 2.11. The van der Waals surface area contributed by atoms with E-state index in [0.717, 1.165) is 0 Å². The summed E-state index contributed by atoms with van der Waals surface area (Å²) < 4.78 is 4.89. The Morgan fingerprint density at radius 3 is 2.80 bits per heavy atom. The van der Waals surface area contributed by atoms with Gasteiger partial charge < -0.3 is 15.8 Å². The Labute approximate surface area is 93.4 Å². The van der Waals surface area contributed by atoms with Crippen LogP contribution in [-0.4, -0.2) is 17.7 Å². The highest BCUT2D eigenvalue weighted by molar-refractivity contribution is 7.80. The average molecular weight is 224 g/mol. The molecule has 0 aromatic heterocycles. The molecule has 0 fully saturated rings. The van der Waals surface area contributed by atoms with E-state index >= 15 is 0 Å². The normalized spacial score (nSPS) is 9.40. The summed E-state index contributed by atoms with van der Waals surface area (Å²) in [6.45, 7) is 2.09. The van der Waals surface area contributed by atoms with Crippen LogP contribution in [0.5, 0.6) is 0 Å². The second-order valence-electron chi connectivity index (χ2n) is 2.76. The Morgan fingerprint density at radius 1 is 1.53 bits per heavy atom. The van der Waals surface area contributed by atoms with Crippen LogP contribution in [0.2, 0.25) is 0 Å². The van der Waals surface area contributed by atoms with Crippen LogP contribution in [0.3, 0.4) is 0 Å². The van der Waals surface area contributed by atoms with Crippen LogP contribution in [0.1, 0.15) is 17.3 Å². The number of ether oxygens (including phenoxy) is 1. The van der Waals surface area contributed by atoms with Crippen LogP contribution < -0.4 is 11.1 Å². The Hall–Kier alpha value is -1.62. The largest absolute Gasteiger partial charge is 0.462 e. The van der Waals surface area contributed by atoms with E-state index in [2.05, 4.69) is 5.32 Å². The number of hydrogen-bond donors (Lipinski definition) is 2. The monoisotopic (exact) mass is 224 g/mol. The highest BCUT2D eigenvalue weighted by atomic mass is 32.1. The second-order valence-corrected chi connectivity index (χ2v) is 3.20. The predicted molar refractivity (Wildman–Crippen MR) is 62.8 cm³/mol. The van der Waals surface area contributed by atoms with E-state index in [1.165, 1.54) is 0 Å². The van der Waals surface area contributed by atoms with Gasteiger partial charge in [0.2, 0.25) is 0 Å². The molecule has 0 spiro atoms. The molecule has 0 unspecified atom stereocenters. The second kappa shape index (κ2) is 5.31. The molecule has 1 rings (SSSR count). The topological polar surface area (TPSA) is 64.3 Å². The molecule has 0 radical (unpaired) electrons. The zero-order valence-electron chi connectivity index (χ0n) is 8.32. The number of esters is 1. The quantitative estimate of drug-likeness (QED) is 0.602. The number of hydrogen-bond acceptors (Lipinski definition) is 3. The lowest BCUT2D eigenvalue weighted by molar-refractivity contribution is 0.0527. The van der Waals surface area contributed by atoms with Crippen LogP contribution in [0.15, 0.2) is 24.3 Å². The maximum absolute atomic E-state index is 11.5. The number of carbonyl (C=O) groups excluding carboxylic acids is 1. The fourth-order valence-electron chi connectivity index (χ4n) is 1.11. The first-order valence-corrected chi connectivity index (χ1v) is 4.88. The summed E-state index contributed by atoms with van der Waals surface area (Å²) in [5, 5.41) is 2.84. The van der Waals surface area contributed by atoms with Gasteiger partial charge in [0.15, 0.2) is 5.11 Å². The molecule has 0 amide bonds. The van der Waals surface area contributed by atoms with Crippen LogP contribution >= 0.6 is 12.2 Å². The van der Waals surface area contributed by atoms with Gasteiger partial charge in [0.25, 0.3) is 0 Å². The van der Waals surface area contributed by atoms with Gasteiger partial charge in [-0.2, -0.15) is 0 Å². The molecule has 0 aliphatic rings. The smallest absolute Gasteiger partial charge is 0.340 e. The molecule has 1 aromatic rings. The summed E-state index contributed by atoms with van der Waals surface area (Å²) in [6.07, 6.45) is 0. The molecule has 3 N–H and O–H groups in total. The molecule has 0 atom stereocenters. The number of anilines is 1. The zero-order valence-corrected chi connectivity index (χ0v) is 9.14. The minimum Gasteiger partial charge on any atom is -0.462 e. The van der Waals surface area contributed by atoms with Gasteiger partial charge in [-0.25, -0.2) is 4.79 Å². The van der Waals surface area contributed by atoms with Gasteiger partial charge >= 0.3 is 5.97 Å². The SMILES string of the molecule is CCOC(=O)c1ccccc1NC(N)=S. The van der Waals surface area contributed by atoms with Crippen molar-refractivity contribution in [1.82, 2.24) is 0 Å².